The molecule has 8 heteroatoms. The van der Waals surface area contributed by atoms with Crippen molar-refractivity contribution in [2.24, 2.45) is 5.92 Å². The van der Waals surface area contributed by atoms with E-state index in [1.54, 1.807) is 4.90 Å². The van der Waals surface area contributed by atoms with Crippen LogP contribution < -0.4 is 4.90 Å². The Bertz CT molecular complexity index is 934. The normalized spacial score (nSPS) is 17.6. The quantitative estimate of drug-likeness (QED) is 0.372. The molecule has 0 aromatic heterocycles. The van der Waals surface area contributed by atoms with E-state index in [9.17, 15) is 26.7 Å². The van der Waals surface area contributed by atoms with Gasteiger partial charge < -0.3 is 4.90 Å². The average Bonchev–Trinajstić information content (AvgIpc) is 2.70. The summed E-state index contributed by atoms with van der Waals surface area (Å²) in [5, 5.41) is 0. The van der Waals surface area contributed by atoms with E-state index < -0.39 is 29.1 Å². The van der Waals surface area contributed by atoms with Crippen molar-refractivity contribution in [3.8, 4) is 0 Å². The lowest BCUT2D eigenvalue weighted by Crippen LogP contribution is -2.53. The number of benzene rings is 2. The lowest BCUT2D eigenvalue weighted by molar-refractivity contribution is 0.111. The van der Waals surface area contributed by atoms with Gasteiger partial charge in [0.15, 0.2) is 23.7 Å². The number of hydrogen-bond acceptors (Lipinski definition) is 3. The molecule has 0 N–H and O–H groups in total. The molecule has 0 amide bonds. The van der Waals surface area contributed by atoms with Crippen LogP contribution in [0.1, 0.15) is 36.2 Å². The third kappa shape index (κ3) is 4.64. The van der Waals surface area contributed by atoms with Crippen LogP contribution in [0.15, 0.2) is 24.3 Å². The highest BCUT2D eigenvalue weighted by Crippen LogP contribution is 2.28. The first-order chi connectivity index (χ1) is 14.2. The Kier molecular flexibility index (Phi) is 6.75. The molecule has 2 aromatic rings. The van der Waals surface area contributed by atoms with Gasteiger partial charge in [-0.2, -0.15) is 0 Å². The number of hydrogen-bond donors (Lipinski definition) is 0. The van der Waals surface area contributed by atoms with Crippen LogP contribution >= 0.6 is 0 Å². The maximum absolute atomic E-state index is 14.5. The smallest absolute Gasteiger partial charge is 0.194 e. The molecule has 3 rings (SSSR count). The van der Waals surface area contributed by atoms with E-state index in [-0.39, 0.29) is 41.6 Å². The van der Waals surface area contributed by atoms with E-state index in [4.69, 9.17) is 0 Å². The van der Waals surface area contributed by atoms with Crippen molar-refractivity contribution in [3.63, 3.8) is 0 Å². The zero-order valence-electron chi connectivity index (χ0n) is 16.8. The van der Waals surface area contributed by atoms with Gasteiger partial charge in [0.05, 0.1) is 11.3 Å². The van der Waals surface area contributed by atoms with E-state index in [1.807, 2.05) is 18.7 Å². The van der Waals surface area contributed by atoms with Crippen LogP contribution in [-0.2, 0) is 6.54 Å². The molecule has 0 saturated carbocycles. The van der Waals surface area contributed by atoms with E-state index in [0.29, 0.717) is 26.1 Å². The van der Waals surface area contributed by atoms with Crippen molar-refractivity contribution in [1.29, 1.82) is 0 Å². The van der Waals surface area contributed by atoms with Crippen LogP contribution in [0.2, 0.25) is 0 Å². The average molecular weight is 426 g/mol. The SMILES string of the molecule is CC(C)C[C@H]1CN(c2cc(F)c(C=O)cc2F)CCN1Cc1ccc(F)c(F)c1F. The monoisotopic (exact) mass is 426 g/mol. The highest BCUT2D eigenvalue weighted by molar-refractivity contribution is 5.76. The highest BCUT2D eigenvalue weighted by Gasteiger charge is 2.30. The molecule has 0 bridgehead atoms. The second-order valence-corrected chi connectivity index (χ2v) is 7.98. The molecule has 1 heterocycles. The fourth-order valence-electron chi connectivity index (χ4n) is 3.88. The van der Waals surface area contributed by atoms with Gasteiger partial charge in [-0.15, -0.1) is 0 Å². The molecule has 1 aliphatic rings. The molecule has 1 saturated heterocycles. The molecule has 2 aromatic carbocycles. The van der Waals surface area contributed by atoms with E-state index >= 15 is 0 Å². The first-order valence-electron chi connectivity index (χ1n) is 9.76. The zero-order valence-corrected chi connectivity index (χ0v) is 16.8. The number of rotatable bonds is 6. The van der Waals surface area contributed by atoms with Crippen molar-refractivity contribution >= 4 is 12.0 Å². The maximum atomic E-state index is 14.5. The van der Waals surface area contributed by atoms with Crippen molar-refractivity contribution < 1.29 is 26.7 Å². The Hall–Kier alpha value is -2.48. The van der Waals surface area contributed by atoms with Crippen molar-refractivity contribution in [2.75, 3.05) is 24.5 Å². The minimum Gasteiger partial charge on any atom is -0.366 e. The molecule has 1 aliphatic heterocycles. The molecular weight excluding hydrogens is 403 g/mol. The Labute approximate surface area is 172 Å². The van der Waals surface area contributed by atoms with Crippen LogP contribution in [0.5, 0.6) is 0 Å². The molecular formula is C22H23F5N2O. The Morgan fingerprint density at radius 1 is 1.00 bits per heavy atom. The molecule has 1 fully saturated rings. The molecule has 30 heavy (non-hydrogen) atoms. The predicted octanol–water partition coefficient (Wildman–Crippen LogP) is 4.93. The number of piperazine rings is 1. The summed E-state index contributed by atoms with van der Waals surface area (Å²) in [6, 6.07) is 3.86. The van der Waals surface area contributed by atoms with Crippen molar-refractivity contribution in [1.82, 2.24) is 4.90 Å². The summed E-state index contributed by atoms with van der Waals surface area (Å²) in [6.45, 7) is 5.17. The second kappa shape index (κ2) is 9.12. The Balaban J connectivity index is 1.83. The van der Waals surface area contributed by atoms with E-state index in [0.717, 1.165) is 18.2 Å². The van der Waals surface area contributed by atoms with Crippen LogP contribution in [0.25, 0.3) is 0 Å². The number of aldehydes is 1. The summed E-state index contributed by atoms with van der Waals surface area (Å²) in [7, 11) is 0. The third-order valence-electron chi connectivity index (χ3n) is 5.37. The van der Waals surface area contributed by atoms with Crippen LogP contribution in [0.3, 0.4) is 0 Å². The molecule has 0 spiro atoms. The minimum atomic E-state index is -1.50. The minimum absolute atomic E-state index is 0.0451. The number of anilines is 1. The fraction of sp³-hybridized carbons (Fsp3) is 0.409. The molecule has 0 radical (unpaired) electrons. The largest absolute Gasteiger partial charge is 0.366 e. The third-order valence-corrected chi connectivity index (χ3v) is 5.37. The maximum Gasteiger partial charge on any atom is 0.194 e. The fourth-order valence-corrected chi connectivity index (χ4v) is 3.88. The first-order valence-corrected chi connectivity index (χ1v) is 9.76. The summed E-state index contributed by atoms with van der Waals surface area (Å²) >= 11 is 0. The molecule has 3 nitrogen and oxygen atoms in total. The summed E-state index contributed by atoms with van der Waals surface area (Å²) < 4.78 is 69.5. The van der Waals surface area contributed by atoms with Gasteiger partial charge in [-0.1, -0.05) is 19.9 Å². The molecule has 162 valence electrons. The topological polar surface area (TPSA) is 23.6 Å². The van der Waals surface area contributed by atoms with E-state index in [1.165, 1.54) is 6.07 Å². The molecule has 0 unspecified atom stereocenters. The van der Waals surface area contributed by atoms with Gasteiger partial charge in [0.25, 0.3) is 0 Å². The molecule has 0 aliphatic carbocycles. The number of carbonyl (C=O) groups excluding carboxylic acids is 1. The summed E-state index contributed by atoms with van der Waals surface area (Å²) in [5.74, 6) is -5.17. The lowest BCUT2D eigenvalue weighted by atomic mass is 9.98. The number of carbonyl (C=O) groups is 1. The lowest BCUT2D eigenvalue weighted by Gasteiger charge is -2.43. The summed E-state index contributed by atoms with van der Waals surface area (Å²) in [6.07, 6.45) is 0.955. The van der Waals surface area contributed by atoms with Crippen LogP contribution in [0.4, 0.5) is 27.6 Å². The predicted molar refractivity (Wildman–Crippen MR) is 104 cm³/mol. The summed E-state index contributed by atoms with van der Waals surface area (Å²) in [4.78, 5) is 14.5. The van der Waals surface area contributed by atoms with Gasteiger partial charge in [-0.05, 0) is 24.5 Å². The van der Waals surface area contributed by atoms with Crippen LogP contribution in [-0.4, -0.2) is 36.9 Å². The van der Waals surface area contributed by atoms with Gasteiger partial charge in [0, 0.05) is 43.9 Å². The van der Waals surface area contributed by atoms with Gasteiger partial charge >= 0.3 is 0 Å². The second-order valence-electron chi connectivity index (χ2n) is 7.98. The first kappa shape index (κ1) is 22.2. The highest BCUT2D eigenvalue weighted by atomic mass is 19.2. The van der Waals surface area contributed by atoms with E-state index in [2.05, 4.69) is 0 Å². The van der Waals surface area contributed by atoms with Crippen molar-refractivity contribution in [3.05, 3.63) is 64.5 Å². The Morgan fingerprint density at radius 2 is 1.73 bits per heavy atom. The number of nitrogens with zero attached hydrogens (tertiary/aromatic N) is 2. The van der Waals surface area contributed by atoms with Gasteiger partial charge in [-0.3, -0.25) is 9.69 Å². The zero-order chi connectivity index (χ0) is 22.0. The van der Waals surface area contributed by atoms with Gasteiger partial charge in [-0.25, -0.2) is 22.0 Å². The van der Waals surface area contributed by atoms with Crippen LogP contribution in [0, 0.1) is 35.0 Å². The summed E-state index contributed by atoms with van der Waals surface area (Å²) in [5.41, 5.74) is -0.239. The van der Waals surface area contributed by atoms with Crippen molar-refractivity contribution in [2.45, 2.75) is 32.9 Å². The van der Waals surface area contributed by atoms with Gasteiger partial charge in [0.2, 0.25) is 0 Å². The molecule has 1 atom stereocenters. The standard InChI is InChI=1S/C22H23F5N2O/c1-13(2)7-16-11-29(20-9-18(24)15(12-30)8-19(20)25)6-5-28(16)10-14-3-4-17(23)22(27)21(14)26/h3-4,8-9,12-13,16H,5-7,10-11H2,1-2H3/t16-/m0/s1. The van der Waals surface area contributed by atoms with Gasteiger partial charge in [0.1, 0.15) is 11.6 Å². The Morgan fingerprint density at radius 3 is 2.40 bits per heavy atom. The number of halogens is 5.